The van der Waals surface area contributed by atoms with Crippen molar-refractivity contribution in [2.24, 2.45) is 11.7 Å². The van der Waals surface area contributed by atoms with Gasteiger partial charge < -0.3 is 5.73 Å². The fourth-order valence-electron chi connectivity index (χ4n) is 2.71. The molecule has 0 saturated heterocycles. The van der Waals surface area contributed by atoms with E-state index in [0.29, 0.717) is 6.54 Å². The van der Waals surface area contributed by atoms with E-state index in [1.165, 1.54) is 12.8 Å². The minimum Gasteiger partial charge on any atom is -0.326 e. The molecule has 1 aromatic rings. The number of halogens is 1. The van der Waals surface area contributed by atoms with Gasteiger partial charge in [0.2, 0.25) is 0 Å². The summed E-state index contributed by atoms with van der Waals surface area (Å²) in [5, 5.41) is 0. The molecule has 2 rings (SSSR count). The molecular formula is C14H20FN. The number of benzene rings is 1. The smallest absolute Gasteiger partial charge is 0.136 e. The third-order valence-corrected chi connectivity index (χ3v) is 3.85. The van der Waals surface area contributed by atoms with Crippen LogP contribution in [0.2, 0.25) is 0 Å². The molecule has 16 heavy (non-hydrogen) atoms. The first kappa shape index (κ1) is 11.6. The molecule has 0 aromatic heterocycles. The van der Waals surface area contributed by atoms with Crippen LogP contribution in [0.15, 0.2) is 24.3 Å². The number of alkyl halides is 1. The van der Waals surface area contributed by atoms with E-state index in [9.17, 15) is 4.39 Å². The van der Waals surface area contributed by atoms with E-state index in [4.69, 9.17) is 5.73 Å². The van der Waals surface area contributed by atoms with Gasteiger partial charge in [0.25, 0.3) is 0 Å². The normalized spacial score (nSPS) is 20.9. The monoisotopic (exact) mass is 221 g/mol. The molecule has 2 N–H and O–H groups in total. The predicted molar refractivity (Wildman–Crippen MR) is 64.8 cm³/mol. The second-order valence-corrected chi connectivity index (χ2v) is 4.96. The van der Waals surface area contributed by atoms with Gasteiger partial charge in [0, 0.05) is 6.54 Å². The Morgan fingerprint density at radius 2 is 2.06 bits per heavy atom. The van der Waals surface area contributed by atoms with Gasteiger partial charge in [-0.3, -0.25) is 0 Å². The van der Waals surface area contributed by atoms with Gasteiger partial charge in [-0.05, 0) is 36.8 Å². The van der Waals surface area contributed by atoms with Crippen molar-refractivity contribution in [1.29, 1.82) is 0 Å². The van der Waals surface area contributed by atoms with Crippen LogP contribution in [-0.2, 0) is 12.2 Å². The molecule has 0 bridgehead atoms. The van der Waals surface area contributed by atoms with Crippen LogP contribution in [0.1, 0.15) is 43.7 Å². The number of hydrogen-bond donors (Lipinski definition) is 1. The molecule has 88 valence electrons. The van der Waals surface area contributed by atoms with Crippen LogP contribution >= 0.6 is 0 Å². The summed E-state index contributed by atoms with van der Waals surface area (Å²) in [5.41, 5.74) is 6.21. The summed E-state index contributed by atoms with van der Waals surface area (Å²) in [6, 6.07) is 7.66. The zero-order valence-corrected chi connectivity index (χ0v) is 9.88. The van der Waals surface area contributed by atoms with Crippen molar-refractivity contribution in [1.82, 2.24) is 0 Å². The fourth-order valence-corrected chi connectivity index (χ4v) is 2.71. The molecule has 0 heterocycles. The van der Waals surface area contributed by atoms with Gasteiger partial charge >= 0.3 is 0 Å². The summed E-state index contributed by atoms with van der Waals surface area (Å²) in [7, 11) is 0. The molecule has 0 amide bonds. The maximum atomic E-state index is 14.8. The lowest BCUT2D eigenvalue weighted by molar-refractivity contribution is 0.104. The average molecular weight is 221 g/mol. The van der Waals surface area contributed by atoms with E-state index in [1.807, 2.05) is 24.3 Å². The third-order valence-electron chi connectivity index (χ3n) is 3.85. The van der Waals surface area contributed by atoms with Crippen molar-refractivity contribution < 1.29 is 4.39 Å². The van der Waals surface area contributed by atoms with Crippen LogP contribution in [0, 0.1) is 5.92 Å². The highest BCUT2D eigenvalue weighted by atomic mass is 19.1. The number of hydrogen-bond acceptors (Lipinski definition) is 1. The Morgan fingerprint density at radius 1 is 1.38 bits per heavy atom. The standard InChI is InChI=1S/C14H20FN/c1-14(15,12-6-2-3-7-12)13-8-4-5-11(9-13)10-16/h4-5,8-9,12H,2-3,6-7,10,16H2,1H3. The Balaban J connectivity index is 2.26. The second-order valence-electron chi connectivity index (χ2n) is 4.96. The van der Waals surface area contributed by atoms with Gasteiger partial charge in [-0.2, -0.15) is 0 Å². The van der Waals surface area contributed by atoms with Gasteiger partial charge in [0.05, 0.1) is 0 Å². The maximum Gasteiger partial charge on any atom is 0.136 e. The topological polar surface area (TPSA) is 26.0 Å². The fraction of sp³-hybridized carbons (Fsp3) is 0.571. The molecule has 2 heteroatoms. The third kappa shape index (κ3) is 2.12. The summed E-state index contributed by atoms with van der Waals surface area (Å²) < 4.78 is 14.8. The van der Waals surface area contributed by atoms with Crippen molar-refractivity contribution >= 4 is 0 Å². The number of rotatable bonds is 3. The zero-order valence-electron chi connectivity index (χ0n) is 9.88. The Labute approximate surface area is 96.9 Å². The van der Waals surface area contributed by atoms with Crippen molar-refractivity contribution in [2.75, 3.05) is 0 Å². The average Bonchev–Trinajstić information content (AvgIpc) is 2.83. The first-order valence-corrected chi connectivity index (χ1v) is 6.13. The minimum atomic E-state index is -1.19. The van der Waals surface area contributed by atoms with Crippen molar-refractivity contribution in [2.45, 2.75) is 44.8 Å². The van der Waals surface area contributed by atoms with E-state index >= 15 is 0 Å². The Morgan fingerprint density at radius 3 is 2.69 bits per heavy atom. The highest BCUT2D eigenvalue weighted by Gasteiger charge is 2.37. The van der Waals surface area contributed by atoms with Gasteiger partial charge in [-0.25, -0.2) is 4.39 Å². The van der Waals surface area contributed by atoms with Crippen LogP contribution in [0.3, 0.4) is 0 Å². The van der Waals surface area contributed by atoms with Crippen LogP contribution in [0.5, 0.6) is 0 Å². The van der Waals surface area contributed by atoms with Gasteiger partial charge in [0.15, 0.2) is 0 Å². The van der Waals surface area contributed by atoms with Crippen molar-refractivity contribution in [3.05, 3.63) is 35.4 Å². The van der Waals surface area contributed by atoms with Crippen LogP contribution in [0.4, 0.5) is 4.39 Å². The lowest BCUT2D eigenvalue weighted by atomic mass is 9.83. The molecule has 1 saturated carbocycles. The highest BCUT2D eigenvalue weighted by molar-refractivity contribution is 5.28. The largest absolute Gasteiger partial charge is 0.326 e. The van der Waals surface area contributed by atoms with Crippen LogP contribution in [-0.4, -0.2) is 0 Å². The molecule has 1 aliphatic carbocycles. The molecule has 1 aromatic carbocycles. The molecule has 0 radical (unpaired) electrons. The highest BCUT2D eigenvalue weighted by Crippen LogP contribution is 2.43. The minimum absolute atomic E-state index is 0.181. The molecular weight excluding hydrogens is 201 g/mol. The summed E-state index contributed by atoms with van der Waals surface area (Å²) in [5.74, 6) is 0.181. The van der Waals surface area contributed by atoms with Gasteiger partial charge in [-0.1, -0.05) is 37.1 Å². The summed E-state index contributed by atoms with van der Waals surface area (Å²) in [6.45, 7) is 2.20. The predicted octanol–water partition coefficient (Wildman–Crippen LogP) is 3.52. The van der Waals surface area contributed by atoms with Crippen LogP contribution < -0.4 is 5.73 Å². The molecule has 1 atom stereocenters. The van der Waals surface area contributed by atoms with Gasteiger partial charge in [0.1, 0.15) is 5.67 Å². The molecule has 0 aliphatic heterocycles. The summed E-state index contributed by atoms with van der Waals surface area (Å²) in [6.07, 6.45) is 4.36. The van der Waals surface area contributed by atoms with E-state index in [1.54, 1.807) is 6.92 Å². The summed E-state index contributed by atoms with van der Waals surface area (Å²) >= 11 is 0. The lowest BCUT2D eigenvalue weighted by Gasteiger charge is -2.28. The molecule has 0 spiro atoms. The van der Waals surface area contributed by atoms with Crippen LogP contribution in [0.25, 0.3) is 0 Å². The maximum absolute atomic E-state index is 14.8. The van der Waals surface area contributed by atoms with E-state index in [0.717, 1.165) is 24.0 Å². The first-order valence-electron chi connectivity index (χ1n) is 6.13. The zero-order chi connectivity index (χ0) is 11.6. The van der Waals surface area contributed by atoms with E-state index in [-0.39, 0.29) is 5.92 Å². The van der Waals surface area contributed by atoms with E-state index < -0.39 is 5.67 Å². The Hall–Kier alpha value is -0.890. The Kier molecular flexibility index (Phi) is 3.29. The second kappa shape index (κ2) is 4.54. The van der Waals surface area contributed by atoms with Crippen molar-refractivity contribution in [3.8, 4) is 0 Å². The molecule has 1 fully saturated rings. The lowest BCUT2D eigenvalue weighted by Crippen LogP contribution is -2.25. The van der Waals surface area contributed by atoms with E-state index in [2.05, 4.69) is 0 Å². The van der Waals surface area contributed by atoms with Crippen molar-refractivity contribution in [3.63, 3.8) is 0 Å². The SMILES string of the molecule is CC(F)(c1cccc(CN)c1)C1CCCC1. The Bertz CT molecular complexity index is 354. The first-order chi connectivity index (χ1) is 7.64. The van der Waals surface area contributed by atoms with Gasteiger partial charge in [-0.15, -0.1) is 0 Å². The summed E-state index contributed by atoms with van der Waals surface area (Å²) in [4.78, 5) is 0. The number of nitrogens with two attached hydrogens (primary N) is 1. The molecule has 1 nitrogen and oxygen atoms in total. The molecule has 1 aliphatic rings. The molecule has 1 unspecified atom stereocenters. The quantitative estimate of drug-likeness (QED) is 0.830.